The average molecular weight is 356 g/mol. The number of anilines is 1. The molecule has 3 atom stereocenters. The lowest BCUT2D eigenvalue weighted by Gasteiger charge is -2.36. The topological polar surface area (TPSA) is 97.7 Å². The number of hydrogen-bond acceptors (Lipinski definition) is 6. The Balaban J connectivity index is 1.79. The molecule has 0 bridgehead atoms. The third-order valence-corrected chi connectivity index (χ3v) is 5.36. The van der Waals surface area contributed by atoms with Gasteiger partial charge in [-0.3, -0.25) is 9.48 Å². The number of nitrogens with one attached hydrogen (secondary N) is 2. The van der Waals surface area contributed by atoms with Gasteiger partial charge < -0.3 is 10.1 Å². The van der Waals surface area contributed by atoms with Crippen molar-refractivity contribution in [3.05, 3.63) is 46.1 Å². The number of aromatic amines is 1. The van der Waals surface area contributed by atoms with Crippen LogP contribution in [0.2, 0.25) is 0 Å². The van der Waals surface area contributed by atoms with Gasteiger partial charge in [-0.05, 0) is 18.6 Å². The second kappa shape index (κ2) is 5.60. The van der Waals surface area contributed by atoms with E-state index >= 15 is 0 Å². The lowest BCUT2D eigenvalue weighted by molar-refractivity contribution is 0.180. The Morgan fingerprint density at radius 1 is 1.38 bits per heavy atom. The number of halogens is 1. The molecule has 0 amide bonds. The van der Waals surface area contributed by atoms with Gasteiger partial charge in [0.25, 0.3) is 5.56 Å². The monoisotopic (exact) mass is 356 g/mol. The molecule has 0 unspecified atom stereocenters. The largest absolute Gasteiger partial charge is 0.381 e. The minimum Gasteiger partial charge on any atom is -0.381 e. The molecule has 9 heteroatoms. The lowest BCUT2D eigenvalue weighted by atomic mass is 9.80. The van der Waals surface area contributed by atoms with Gasteiger partial charge in [-0.2, -0.15) is 10.2 Å². The maximum atomic E-state index is 14.1. The number of rotatable bonds is 2. The Morgan fingerprint density at radius 2 is 2.27 bits per heavy atom. The normalized spacial score (nSPS) is 24.8. The van der Waals surface area contributed by atoms with Crippen molar-refractivity contribution >= 4 is 16.5 Å². The Labute approximate surface area is 147 Å². The number of ether oxygens (including phenoxy) is 1. The molecule has 134 valence electrons. The predicted octanol–water partition coefficient (Wildman–Crippen LogP) is 1.15. The average Bonchev–Trinajstić information content (AvgIpc) is 3.29. The standard InChI is InChI=1S/C17H17FN6O2/c1-24-16(19-7-20-24)13-14(8-2-3-26-6-8)21-11-5-9(18)4-10-12(11)15(13)22-23-17(10)25/h4-5,7-8,13-14,21H,2-3,6H2,1H3,(H,23,25)/t8-,13-,14-/m1/s1. The van der Waals surface area contributed by atoms with Crippen molar-refractivity contribution in [1.29, 1.82) is 0 Å². The van der Waals surface area contributed by atoms with E-state index in [2.05, 4.69) is 25.6 Å². The van der Waals surface area contributed by atoms with Crippen molar-refractivity contribution in [2.24, 2.45) is 13.0 Å². The third kappa shape index (κ3) is 2.16. The van der Waals surface area contributed by atoms with Crippen molar-refractivity contribution in [1.82, 2.24) is 25.0 Å². The Kier molecular flexibility index (Phi) is 3.33. The Hall–Kier alpha value is -2.81. The Bertz CT molecular complexity index is 1060. The highest BCUT2D eigenvalue weighted by molar-refractivity contribution is 5.97. The zero-order valence-electron chi connectivity index (χ0n) is 14.1. The van der Waals surface area contributed by atoms with Gasteiger partial charge in [0.1, 0.15) is 18.0 Å². The van der Waals surface area contributed by atoms with E-state index in [1.54, 1.807) is 4.68 Å². The summed E-state index contributed by atoms with van der Waals surface area (Å²) in [7, 11) is 1.83. The summed E-state index contributed by atoms with van der Waals surface area (Å²) in [6.45, 7) is 1.31. The molecule has 2 aliphatic heterocycles. The Morgan fingerprint density at radius 3 is 3.00 bits per heavy atom. The van der Waals surface area contributed by atoms with Gasteiger partial charge in [0.2, 0.25) is 0 Å². The molecule has 26 heavy (non-hydrogen) atoms. The van der Waals surface area contributed by atoms with Gasteiger partial charge in [0, 0.05) is 36.7 Å². The molecule has 1 fully saturated rings. The van der Waals surface area contributed by atoms with Crippen LogP contribution < -0.4 is 10.9 Å². The minimum absolute atomic E-state index is 0.0868. The molecule has 1 aromatic carbocycles. The van der Waals surface area contributed by atoms with Crippen LogP contribution >= 0.6 is 0 Å². The van der Waals surface area contributed by atoms with E-state index in [0.717, 1.165) is 12.2 Å². The number of aromatic nitrogens is 5. The fourth-order valence-corrected chi connectivity index (χ4v) is 4.16. The molecule has 0 spiro atoms. The van der Waals surface area contributed by atoms with E-state index < -0.39 is 11.4 Å². The van der Waals surface area contributed by atoms with Crippen LogP contribution in [0.1, 0.15) is 23.9 Å². The van der Waals surface area contributed by atoms with E-state index in [9.17, 15) is 9.18 Å². The van der Waals surface area contributed by atoms with Crippen LogP contribution in [-0.2, 0) is 11.8 Å². The summed E-state index contributed by atoms with van der Waals surface area (Å²) in [6, 6.07) is 2.58. The summed E-state index contributed by atoms with van der Waals surface area (Å²) in [6.07, 6.45) is 2.39. The van der Waals surface area contributed by atoms with Crippen LogP contribution in [0, 0.1) is 11.7 Å². The van der Waals surface area contributed by atoms with Crippen LogP contribution in [0.15, 0.2) is 23.3 Å². The van der Waals surface area contributed by atoms with Crippen molar-refractivity contribution in [2.75, 3.05) is 18.5 Å². The van der Waals surface area contributed by atoms with Crippen LogP contribution in [0.3, 0.4) is 0 Å². The van der Waals surface area contributed by atoms with Gasteiger partial charge in [-0.1, -0.05) is 0 Å². The van der Waals surface area contributed by atoms with Crippen molar-refractivity contribution in [2.45, 2.75) is 18.4 Å². The molecule has 0 radical (unpaired) electrons. The van der Waals surface area contributed by atoms with Crippen LogP contribution in [-0.4, -0.2) is 44.2 Å². The molecule has 1 saturated heterocycles. The first kappa shape index (κ1) is 15.4. The molecule has 3 aromatic rings. The van der Waals surface area contributed by atoms with E-state index in [1.807, 2.05) is 7.05 Å². The maximum absolute atomic E-state index is 14.1. The summed E-state index contributed by atoms with van der Waals surface area (Å²) < 4.78 is 21.4. The zero-order valence-corrected chi connectivity index (χ0v) is 14.1. The lowest BCUT2D eigenvalue weighted by Crippen LogP contribution is -2.41. The van der Waals surface area contributed by atoms with Crippen LogP contribution in [0.5, 0.6) is 0 Å². The first-order chi connectivity index (χ1) is 12.6. The number of nitrogens with zero attached hydrogens (tertiary/aromatic N) is 4. The molecule has 4 heterocycles. The van der Waals surface area contributed by atoms with Crippen molar-refractivity contribution in [3.8, 4) is 0 Å². The first-order valence-corrected chi connectivity index (χ1v) is 8.53. The fourth-order valence-electron chi connectivity index (χ4n) is 4.16. The molecular weight excluding hydrogens is 339 g/mol. The molecule has 0 aliphatic carbocycles. The van der Waals surface area contributed by atoms with Gasteiger partial charge in [0.05, 0.1) is 23.6 Å². The molecule has 2 aliphatic rings. The smallest absolute Gasteiger partial charge is 0.272 e. The van der Waals surface area contributed by atoms with E-state index in [0.29, 0.717) is 30.0 Å². The van der Waals surface area contributed by atoms with E-state index in [-0.39, 0.29) is 23.3 Å². The summed E-state index contributed by atoms with van der Waals surface area (Å²) in [4.78, 5) is 16.6. The van der Waals surface area contributed by atoms with Gasteiger partial charge >= 0.3 is 0 Å². The molecular formula is C17H17FN6O2. The third-order valence-electron chi connectivity index (χ3n) is 5.36. The summed E-state index contributed by atoms with van der Waals surface area (Å²) in [5.74, 6) is 0.273. The first-order valence-electron chi connectivity index (χ1n) is 8.53. The summed E-state index contributed by atoms with van der Waals surface area (Å²) in [5, 5.41) is 15.4. The SMILES string of the molecule is Cn1ncnc1[C@H]1c2n[nH]c(=O)c3cc(F)cc(c23)N[C@@H]1[C@@H]1CCOC1. The molecule has 2 N–H and O–H groups in total. The fraction of sp³-hybridized carbons (Fsp3) is 0.412. The highest BCUT2D eigenvalue weighted by atomic mass is 19.1. The molecule has 5 rings (SSSR count). The quantitative estimate of drug-likeness (QED) is 0.715. The second-order valence-electron chi connectivity index (χ2n) is 6.83. The van der Waals surface area contributed by atoms with Crippen molar-refractivity contribution < 1.29 is 9.13 Å². The van der Waals surface area contributed by atoms with E-state index in [4.69, 9.17) is 4.74 Å². The number of aryl methyl sites for hydroxylation is 1. The van der Waals surface area contributed by atoms with Gasteiger partial charge in [0.15, 0.2) is 0 Å². The van der Waals surface area contributed by atoms with Crippen LogP contribution in [0.25, 0.3) is 10.8 Å². The molecule has 2 aromatic heterocycles. The van der Waals surface area contributed by atoms with Gasteiger partial charge in [-0.15, -0.1) is 0 Å². The summed E-state index contributed by atoms with van der Waals surface area (Å²) in [5.41, 5.74) is 0.857. The second-order valence-corrected chi connectivity index (χ2v) is 6.83. The van der Waals surface area contributed by atoms with Gasteiger partial charge in [-0.25, -0.2) is 14.5 Å². The highest BCUT2D eigenvalue weighted by Gasteiger charge is 2.41. The molecule has 8 nitrogen and oxygen atoms in total. The van der Waals surface area contributed by atoms with Crippen molar-refractivity contribution in [3.63, 3.8) is 0 Å². The maximum Gasteiger partial charge on any atom is 0.272 e. The minimum atomic E-state index is -0.457. The van der Waals surface area contributed by atoms with E-state index in [1.165, 1.54) is 18.5 Å². The number of hydrogen-bond donors (Lipinski definition) is 2. The highest BCUT2D eigenvalue weighted by Crippen LogP contribution is 2.43. The molecule has 0 saturated carbocycles. The number of benzene rings is 1. The predicted molar refractivity (Wildman–Crippen MR) is 91.5 cm³/mol. The number of H-pyrrole nitrogens is 1. The summed E-state index contributed by atoms with van der Waals surface area (Å²) >= 11 is 0. The zero-order chi connectivity index (χ0) is 17.8. The van der Waals surface area contributed by atoms with Crippen LogP contribution in [0.4, 0.5) is 10.1 Å².